The largest absolute Gasteiger partial charge is 0.450 e. The zero-order valence-electron chi connectivity index (χ0n) is 16.0. The minimum absolute atomic E-state index is 0.124. The van der Waals surface area contributed by atoms with Crippen LogP contribution < -0.4 is 5.32 Å². The molecular weight excluding hydrogens is 388 g/mol. The molecular formula is C23H19ClN2O3. The van der Waals surface area contributed by atoms with Gasteiger partial charge in [-0.1, -0.05) is 60.1 Å². The Balaban J connectivity index is 1.58. The first kappa shape index (κ1) is 19.0. The minimum atomic E-state index is -0.350. The third-order valence-electron chi connectivity index (χ3n) is 4.90. The summed E-state index contributed by atoms with van der Waals surface area (Å²) in [6, 6.07) is 18.8. The van der Waals surface area contributed by atoms with Crippen molar-refractivity contribution in [1.29, 1.82) is 0 Å². The topological polar surface area (TPSA) is 62.6 Å². The molecule has 1 heterocycles. The van der Waals surface area contributed by atoms with Gasteiger partial charge in [-0.2, -0.15) is 0 Å². The van der Waals surface area contributed by atoms with E-state index < -0.39 is 0 Å². The lowest BCUT2D eigenvalue weighted by Gasteiger charge is -2.16. The van der Waals surface area contributed by atoms with Crippen LogP contribution in [-0.4, -0.2) is 30.3 Å². The number of hydrogen-bond acceptors (Lipinski definition) is 3. The van der Waals surface area contributed by atoms with E-state index in [4.69, 9.17) is 16.0 Å². The van der Waals surface area contributed by atoms with Gasteiger partial charge in [0.05, 0.1) is 17.3 Å². The second kappa shape index (κ2) is 7.60. The van der Waals surface area contributed by atoms with Crippen LogP contribution in [0.5, 0.6) is 0 Å². The van der Waals surface area contributed by atoms with Crippen molar-refractivity contribution >= 4 is 50.8 Å². The number of rotatable bonds is 4. The van der Waals surface area contributed by atoms with Crippen molar-refractivity contribution in [3.8, 4) is 0 Å². The Labute approximate surface area is 172 Å². The SMILES string of the molecule is Cc1c(C(=O)N(C)CC(=O)Nc2ccccc2Cl)oc2c1ccc1ccccc12. The van der Waals surface area contributed by atoms with Gasteiger partial charge in [0.25, 0.3) is 5.91 Å². The van der Waals surface area contributed by atoms with Crippen LogP contribution in [0, 0.1) is 6.92 Å². The number of fused-ring (bicyclic) bond motifs is 3. The Bertz CT molecular complexity index is 1250. The number of para-hydroxylation sites is 1. The van der Waals surface area contributed by atoms with Crippen LogP contribution in [-0.2, 0) is 4.79 Å². The van der Waals surface area contributed by atoms with Crippen molar-refractivity contribution in [2.45, 2.75) is 6.92 Å². The number of halogens is 1. The summed E-state index contributed by atoms with van der Waals surface area (Å²) < 4.78 is 5.97. The molecule has 0 atom stereocenters. The Morgan fingerprint density at radius 3 is 2.52 bits per heavy atom. The maximum Gasteiger partial charge on any atom is 0.290 e. The van der Waals surface area contributed by atoms with Gasteiger partial charge in [0.1, 0.15) is 5.58 Å². The average Bonchev–Trinajstić information content (AvgIpc) is 3.06. The first-order valence-corrected chi connectivity index (χ1v) is 9.54. The molecule has 0 radical (unpaired) electrons. The van der Waals surface area contributed by atoms with Gasteiger partial charge in [0.2, 0.25) is 5.91 Å². The highest BCUT2D eigenvalue weighted by molar-refractivity contribution is 6.33. The van der Waals surface area contributed by atoms with Crippen molar-refractivity contribution < 1.29 is 14.0 Å². The van der Waals surface area contributed by atoms with Gasteiger partial charge in [-0.05, 0) is 24.4 Å². The Kier molecular flexibility index (Phi) is 4.99. The number of nitrogens with zero attached hydrogens (tertiary/aromatic N) is 1. The van der Waals surface area contributed by atoms with Crippen LogP contribution in [0.15, 0.2) is 65.1 Å². The molecule has 0 aliphatic rings. The molecule has 0 aliphatic carbocycles. The summed E-state index contributed by atoms with van der Waals surface area (Å²) in [6.45, 7) is 1.73. The lowest BCUT2D eigenvalue weighted by atomic mass is 10.1. The van der Waals surface area contributed by atoms with E-state index in [1.165, 1.54) is 4.90 Å². The number of hydrogen-bond donors (Lipinski definition) is 1. The van der Waals surface area contributed by atoms with Crippen LogP contribution in [0.1, 0.15) is 16.1 Å². The van der Waals surface area contributed by atoms with Crippen molar-refractivity contribution in [1.82, 2.24) is 4.90 Å². The molecule has 1 aromatic heterocycles. The molecule has 4 aromatic rings. The van der Waals surface area contributed by atoms with E-state index in [2.05, 4.69) is 5.32 Å². The molecule has 5 nitrogen and oxygen atoms in total. The summed E-state index contributed by atoms with van der Waals surface area (Å²) >= 11 is 6.07. The second-order valence-corrected chi connectivity index (χ2v) is 7.32. The lowest BCUT2D eigenvalue weighted by Crippen LogP contribution is -2.35. The summed E-state index contributed by atoms with van der Waals surface area (Å²) in [6.07, 6.45) is 0. The highest BCUT2D eigenvalue weighted by atomic mass is 35.5. The Morgan fingerprint density at radius 1 is 1.00 bits per heavy atom. The third kappa shape index (κ3) is 3.57. The number of anilines is 1. The van der Waals surface area contributed by atoms with Gasteiger partial charge in [0.15, 0.2) is 5.76 Å². The summed E-state index contributed by atoms with van der Waals surface area (Å²) in [5.74, 6) is -0.449. The molecule has 146 valence electrons. The second-order valence-electron chi connectivity index (χ2n) is 6.91. The summed E-state index contributed by atoms with van der Waals surface area (Å²) in [4.78, 5) is 26.6. The number of benzene rings is 3. The van der Waals surface area contributed by atoms with Crippen LogP contribution in [0.25, 0.3) is 21.7 Å². The number of furan rings is 1. The van der Waals surface area contributed by atoms with Gasteiger partial charge in [-0.25, -0.2) is 0 Å². The maximum atomic E-state index is 13.0. The molecule has 0 bridgehead atoms. The van der Waals surface area contributed by atoms with Crippen LogP contribution >= 0.6 is 11.6 Å². The van der Waals surface area contributed by atoms with E-state index in [0.29, 0.717) is 16.3 Å². The molecule has 2 amide bonds. The number of carbonyl (C=O) groups excluding carboxylic acids is 2. The quantitative estimate of drug-likeness (QED) is 0.503. The fraction of sp³-hybridized carbons (Fsp3) is 0.130. The number of nitrogens with one attached hydrogen (secondary N) is 1. The van der Waals surface area contributed by atoms with Gasteiger partial charge in [0, 0.05) is 23.4 Å². The smallest absolute Gasteiger partial charge is 0.290 e. The van der Waals surface area contributed by atoms with E-state index >= 15 is 0 Å². The number of likely N-dealkylation sites (N-methyl/N-ethyl adjacent to an activating group) is 1. The van der Waals surface area contributed by atoms with Crippen LogP contribution in [0.2, 0.25) is 5.02 Å². The molecule has 0 saturated carbocycles. The van der Waals surface area contributed by atoms with Crippen molar-refractivity contribution in [2.75, 3.05) is 18.9 Å². The van der Waals surface area contributed by atoms with Gasteiger partial charge < -0.3 is 14.6 Å². The summed E-state index contributed by atoms with van der Waals surface area (Å²) in [5, 5.41) is 6.04. The van der Waals surface area contributed by atoms with Gasteiger partial charge >= 0.3 is 0 Å². The lowest BCUT2D eigenvalue weighted by molar-refractivity contribution is -0.116. The summed E-state index contributed by atoms with van der Waals surface area (Å²) in [5.41, 5.74) is 1.94. The Morgan fingerprint density at radius 2 is 1.72 bits per heavy atom. The number of aryl methyl sites for hydroxylation is 1. The van der Waals surface area contributed by atoms with E-state index in [1.807, 2.05) is 43.3 Å². The Hall–Kier alpha value is -3.31. The van der Waals surface area contributed by atoms with Crippen LogP contribution in [0.3, 0.4) is 0 Å². The zero-order chi connectivity index (χ0) is 20.5. The van der Waals surface area contributed by atoms with E-state index in [1.54, 1.807) is 31.3 Å². The molecule has 6 heteroatoms. The summed E-state index contributed by atoms with van der Waals surface area (Å²) in [7, 11) is 1.57. The molecule has 0 saturated heterocycles. The number of carbonyl (C=O) groups is 2. The number of amides is 2. The molecule has 29 heavy (non-hydrogen) atoms. The van der Waals surface area contributed by atoms with Crippen molar-refractivity contribution in [3.63, 3.8) is 0 Å². The molecule has 0 aliphatic heterocycles. The fourth-order valence-electron chi connectivity index (χ4n) is 3.37. The highest BCUT2D eigenvalue weighted by Gasteiger charge is 2.23. The van der Waals surface area contributed by atoms with Gasteiger partial charge in [-0.15, -0.1) is 0 Å². The predicted molar refractivity (Wildman–Crippen MR) is 115 cm³/mol. The molecule has 0 fully saturated rings. The molecule has 3 aromatic carbocycles. The van der Waals surface area contributed by atoms with E-state index in [9.17, 15) is 9.59 Å². The molecule has 0 spiro atoms. The average molecular weight is 407 g/mol. The monoisotopic (exact) mass is 406 g/mol. The minimum Gasteiger partial charge on any atom is -0.450 e. The van der Waals surface area contributed by atoms with E-state index in [-0.39, 0.29) is 24.1 Å². The molecule has 1 N–H and O–H groups in total. The third-order valence-corrected chi connectivity index (χ3v) is 5.23. The zero-order valence-corrected chi connectivity index (χ0v) is 16.8. The normalized spacial score (nSPS) is 11.0. The highest BCUT2D eigenvalue weighted by Crippen LogP contribution is 2.32. The molecule has 0 unspecified atom stereocenters. The first-order valence-electron chi connectivity index (χ1n) is 9.16. The van der Waals surface area contributed by atoms with E-state index in [0.717, 1.165) is 21.7 Å². The van der Waals surface area contributed by atoms with Crippen molar-refractivity contribution in [3.05, 3.63) is 77.0 Å². The standard InChI is InChI=1S/C23H19ClN2O3/c1-14-16-12-11-15-7-3-4-8-17(15)22(16)29-21(14)23(28)26(2)13-20(27)25-19-10-6-5-9-18(19)24/h3-12H,13H2,1-2H3,(H,25,27). The first-order chi connectivity index (χ1) is 14.0. The van der Waals surface area contributed by atoms with Crippen molar-refractivity contribution in [2.24, 2.45) is 0 Å². The van der Waals surface area contributed by atoms with Gasteiger partial charge in [-0.3, -0.25) is 9.59 Å². The van der Waals surface area contributed by atoms with Crippen LogP contribution in [0.4, 0.5) is 5.69 Å². The predicted octanol–water partition coefficient (Wildman–Crippen LogP) is 5.26. The molecule has 4 rings (SSSR count). The fourth-order valence-corrected chi connectivity index (χ4v) is 3.55. The maximum absolute atomic E-state index is 13.0.